The number of pyridine rings is 2. The molecule has 0 bridgehead atoms. The van der Waals surface area contributed by atoms with E-state index in [4.69, 9.17) is 4.74 Å². The van der Waals surface area contributed by atoms with Crippen LogP contribution in [0.25, 0.3) is 16.6 Å². The van der Waals surface area contributed by atoms with Crippen LogP contribution >= 0.6 is 0 Å². The lowest BCUT2D eigenvalue weighted by molar-refractivity contribution is 0.0508. The molecule has 0 spiro atoms. The van der Waals surface area contributed by atoms with Crippen molar-refractivity contribution in [2.24, 2.45) is 0 Å². The molecular formula is C22H22N6O2. The third-order valence-corrected chi connectivity index (χ3v) is 5.59. The summed E-state index contributed by atoms with van der Waals surface area (Å²) < 4.78 is 7.58. The number of nitrogens with zero attached hydrogens (tertiary/aromatic N) is 6. The van der Waals surface area contributed by atoms with Crippen molar-refractivity contribution < 1.29 is 9.53 Å². The molecule has 4 aromatic rings. The van der Waals surface area contributed by atoms with Gasteiger partial charge in [0.15, 0.2) is 5.65 Å². The van der Waals surface area contributed by atoms with Gasteiger partial charge in [0, 0.05) is 48.6 Å². The van der Waals surface area contributed by atoms with Crippen molar-refractivity contribution in [3.8, 4) is 0 Å². The third kappa shape index (κ3) is 3.39. The minimum atomic E-state index is -0.0529. The molecule has 1 aliphatic rings. The van der Waals surface area contributed by atoms with Gasteiger partial charge in [-0.1, -0.05) is 18.2 Å². The van der Waals surface area contributed by atoms with Gasteiger partial charge in [-0.25, -0.2) is 0 Å². The first-order valence-electron chi connectivity index (χ1n) is 10.1. The maximum Gasteiger partial charge on any atom is 0.254 e. The van der Waals surface area contributed by atoms with E-state index in [0.29, 0.717) is 24.3 Å². The van der Waals surface area contributed by atoms with E-state index in [1.165, 1.54) is 0 Å². The number of carbonyl (C=O) groups excluding carboxylic acids is 1. The van der Waals surface area contributed by atoms with Gasteiger partial charge >= 0.3 is 0 Å². The van der Waals surface area contributed by atoms with Gasteiger partial charge in [0.05, 0.1) is 11.6 Å². The minimum absolute atomic E-state index is 0.0468. The molecule has 1 amide bonds. The molecule has 4 heterocycles. The summed E-state index contributed by atoms with van der Waals surface area (Å²) in [5.74, 6) is -0.0529. The fourth-order valence-corrected chi connectivity index (χ4v) is 4.13. The Balaban J connectivity index is 1.56. The Hall–Kier alpha value is -3.39. The van der Waals surface area contributed by atoms with E-state index in [2.05, 4.69) is 26.6 Å². The molecule has 30 heavy (non-hydrogen) atoms. The monoisotopic (exact) mass is 402 g/mol. The van der Waals surface area contributed by atoms with Gasteiger partial charge in [-0.3, -0.25) is 9.78 Å². The highest BCUT2D eigenvalue weighted by Crippen LogP contribution is 2.24. The Bertz CT molecular complexity index is 1200. The average molecular weight is 402 g/mol. The number of tetrazole rings is 1. The summed E-state index contributed by atoms with van der Waals surface area (Å²) in [6.45, 7) is 3.71. The molecule has 5 rings (SSSR count). The average Bonchev–Trinajstić information content (AvgIpc) is 3.45. The topological polar surface area (TPSA) is 85.5 Å². The quantitative estimate of drug-likeness (QED) is 0.510. The second-order valence-electron chi connectivity index (χ2n) is 7.65. The summed E-state index contributed by atoms with van der Waals surface area (Å²) in [7, 11) is 0. The lowest BCUT2D eigenvalue weighted by Gasteiger charge is -2.26. The zero-order valence-electron chi connectivity index (χ0n) is 16.7. The lowest BCUT2D eigenvalue weighted by atomic mass is 10.1. The molecule has 8 nitrogen and oxygen atoms in total. The highest BCUT2D eigenvalue weighted by Gasteiger charge is 2.25. The number of hydrogen-bond donors (Lipinski definition) is 0. The minimum Gasteiger partial charge on any atom is -0.376 e. The van der Waals surface area contributed by atoms with E-state index in [9.17, 15) is 4.79 Å². The van der Waals surface area contributed by atoms with Crippen LogP contribution in [0.5, 0.6) is 0 Å². The largest absolute Gasteiger partial charge is 0.376 e. The number of aromatic nitrogens is 5. The zero-order chi connectivity index (χ0) is 20.5. The fraction of sp³-hybridized carbons (Fsp3) is 0.318. The molecule has 0 unspecified atom stereocenters. The standard InChI is InChI=1S/C22H22N6O2/c1-15-4-2-5-17-12-18(21-24-25-26-28(21)20(15)17)13-27(14-19-6-3-11-30-19)22(29)16-7-9-23-10-8-16/h2,4-5,7-10,12,19H,3,6,11,13-14H2,1H3/t19-/m1/s1. The van der Waals surface area contributed by atoms with Crippen LogP contribution in [-0.2, 0) is 11.3 Å². The van der Waals surface area contributed by atoms with Crippen LogP contribution in [-0.4, -0.2) is 55.1 Å². The van der Waals surface area contributed by atoms with Gasteiger partial charge in [-0.15, -0.1) is 5.10 Å². The highest BCUT2D eigenvalue weighted by atomic mass is 16.5. The second kappa shape index (κ2) is 7.79. The molecule has 1 saturated heterocycles. The first-order chi connectivity index (χ1) is 14.7. The van der Waals surface area contributed by atoms with Crippen LogP contribution < -0.4 is 0 Å². The Morgan fingerprint density at radius 3 is 2.93 bits per heavy atom. The van der Waals surface area contributed by atoms with Crippen molar-refractivity contribution in [2.75, 3.05) is 13.2 Å². The molecule has 0 N–H and O–H groups in total. The van der Waals surface area contributed by atoms with Crippen molar-refractivity contribution in [1.82, 2.24) is 29.9 Å². The van der Waals surface area contributed by atoms with E-state index < -0.39 is 0 Å². The van der Waals surface area contributed by atoms with Crippen molar-refractivity contribution in [1.29, 1.82) is 0 Å². The summed E-state index contributed by atoms with van der Waals surface area (Å²) in [6, 6.07) is 11.7. The number of fused-ring (bicyclic) bond motifs is 3. The summed E-state index contributed by atoms with van der Waals surface area (Å²) in [5.41, 5.74) is 4.25. The van der Waals surface area contributed by atoms with Gasteiger partial charge in [-0.2, -0.15) is 4.52 Å². The Morgan fingerprint density at radius 2 is 2.13 bits per heavy atom. The molecular weight excluding hydrogens is 380 g/mol. The van der Waals surface area contributed by atoms with Crippen molar-refractivity contribution in [3.63, 3.8) is 0 Å². The van der Waals surface area contributed by atoms with Crippen LogP contribution in [0.1, 0.15) is 34.3 Å². The van der Waals surface area contributed by atoms with Crippen LogP contribution in [0.2, 0.25) is 0 Å². The molecule has 1 fully saturated rings. The molecule has 0 radical (unpaired) electrons. The van der Waals surface area contributed by atoms with Crippen LogP contribution in [0.15, 0.2) is 48.8 Å². The van der Waals surface area contributed by atoms with Crippen LogP contribution in [0.4, 0.5) is 0 Å². The van der Waals surface area contributed by atoms with E-state index in [-0.39, 0.29) is 12.0 Å². The van der Waals surface area contributed by atoms with Crippen LogP contribution in [0, 0.1) is 6.92 Å². The smallest absolute Gasteiger partial charge is 0.254 e. The molecule has 3 aromatic heterocycles. The Labute approximate surface area is 173 Å². The van der Waals surface area contributed by atoms with Crippen LogP contribution in [0.3, 0.4) is 0 Å². The first kappa shape index (κ1) is 18.6. The van der Waals surface area contributed by atoms with E-state index in [1.54, 1.807) is 29.0 Å². The second-order valence-corrected chi connectivity index (χ2v) is 7.65. The Morgan fingerprint density at radius 1 is 1.27 bits per heavy atom. The summed E-state index contributed by atoms with van der Waals surface area (Å²) in [4.78, 5) is 19.2. The number of aryl methyl sites for hydroxylation is 1. The summed E-state index contributed by atoms with van der Waals surface area (Å²) in [5, 5.41) is 13.4. The van der Waals surface area contributed by atoms with Crippen molar-refractivity contribution >= 4 is 22.5 Å². The molecule has 1 atom stereocenters. The SMILES string of the molecule is Cc1cccc2cc(CN(C[C@H]3CCCO3)C(=O)c3ccncc3)c3nnnn3c12. The fourth-order valence-electron chi connectivity index (χ4n) is 4.13. The summed E-state index contributed by atoms with van der Waals surface area (Å²) >= 11 is 0. The normalized spacial score (nSPS) is 16.4. The van der Waals surface area contributed by atoms with Gasteiger partial charge in [0.25, 0.3) is 5.91 Å². The number of carbonyl (C=O) groups is 1. The number of para-hydroxylation sites is 1. The number of hydrogen-bond acceptors (Lipinski definition) is 6. The van der Waals surface area contributed by atoms with Crippen molar-refractivity contribution in [3.05, 3.63) is 65.5 Å². The van der Waals surface area contributed by atoms with E-state index >= 15 is 0 Å². The van der Waals surface area contributed by atoms with E-state index in [0.717, 1.165) is 41.5 Å². The highest BCUT2D eigenvalue weighted by molar-refractivity contribution is 5.94. The molecule has 1 aliphatic heterocycles. The Kier molecular flexibility index (Phi) is 4.84. The maximum absolute atomic E-state index is 13.3. The predicted molar refractivity (Wildman–Crippen MR) is 111 cm³/mol. The molecule has 0 saturated carbocycles. The molecule has 0 aliphatic carbocycles. The number of amides is 1. The zero-order valence-corrected chi connectivity index (χ0v) is 16.7. The number of benzene rings is 1. The maximum atomic E-state index is 13.3. The van der Waals surface area contributed by atoms with E-state index in [1.807, 2.05) is 30.0 Å². The third-order valence-electron chi connectivity index (χ3n) is 5.59. The van der Waals surface area contributed by atoms with Gasteiger partial charge < -0.3 is 9.64 Å². The number of ether oxygens (including phenoxy) is 1. The molecule has 152 valence electrons. The summed E-state index contributed by atoms with van der Waals surface area (Å²) in [6.07, 6.45) is 5.30. The lowest BCUT2D eigenvalue weighted by Crippen LogP contribution is -2.37. The van der Waals surface area contributed by atoms with Gasteiger partial charge in [-0.05, 0) is 54.0 Å². The van der Waals surface area contributed by atoms with Crippen molar-refractivity contribution in [2.45, 2.75) is 32.4 Å². The predicted octanol–water partition coefficient (Wildman–Crippen LogP) is 2.80. The first-order valence-corrected chi connectivity index (χ1v) is 10.1. The number of rotatable bonds is 5. The molecule has 1 aromatic carbocycles. The van der Waals surface area contributed by atoms with Gasteiger partial charge in [0.2, 0.25) is 0 Å². The molecule has 8 heteroatoms. The van der Waals surface area contributed by atoms with Gasteiger partial charge in [0.1, 0.15) is 0 Å².